The van der Waals surface area contributed by atoms with Crippen molar-refractivity contribution in [3.63, 3.8) is 0 Å². The molecule has 0 radical (unpaired) electrons. The molecule has 0 unspecified atom stereocenters. The van der Waals surface area contributed by atoms with Crippen molar-refractivity contribution in [1.29, 1.82) is 0 Å². The number of aryl methyl sites for hydroxylation is 1. The van der Waals surface area contributed by atoms with Crippen LogP contribution in [-0.4, -0.2) is 45.4 Å². The third kappa shape index (κ3) is 3.33. The van der Waals surface area contributed by atoms with E-state index in [9.17, 15) is 9.59 Å². The van der Waals surface area contributed by atoms with Crippen molar-refractivity contribution in [2.24, 2.45) is 0 Å². The number of nitrogens with one attached hydrogen (secondary N) is 1. The highest BCUT2D eigenvalue weighted by Gasteiger charge is 2.29. The van der Waals surface area contributed by atoms with Crippen LogP contribution in [0.1, 0.15) is 25.6 Å². The largest absolute Gasteiger partial charge is 0.350 e. The molecule has 2 rings (SSSR count). The summed E-state index contributed by atoms with van der Waals surface area (Å²) in [4.78, 5) is 29.5. The van der Waals surface area contributed by atoms with Gasteiger partial charge in [-0.05, 0) is 13.3 Å². The van der Waals surface area contributed by atoms with Gasteiger partial charge in [0, 0.05) is 31.9 Å². The quantitative estimate of drug-likeness (QED) is 0.832. The Labute approximate surface area is 112 Å². The second kappa shape index (κ2) is 5.86. The van der Waals surface area contributed by atoms with E-state index in [2.05, 4.69) is 10.3 Å². The van der Waals surface area contributed by atoms with Gasteiger partial charge in [-0.2, -0.15) is 0 Å². The van der Waals surface area contributed by atoms with Crippen LogP contribution < -0.4 is 5.32 Å². The number of rotatable bonds is 5. The molecular weight excluding hydrogens is 244 g/mol. The van der Waals surface area contributed by atoms with Crippen LogP contribution in [0.3, 0.4) is 0 Å². The molecule has 104 valence electrons. The standard InChI is InChI=1S/C13H20N4O2/c1-3-5-17-8-11(7-13(17)19)15-12(18)9-16-6-4-14-10(16)2/h4,6,11H,3,5,7-9H2,1-2H3,(H,15,18)/t11-/m1/s1. The highest BCUT2D eigenvalue weighted by molar-refractivity contribution is 5.82. The summed E-state index contributed by atoms with van der Waals surface area (Å²) >= 11 is 0. The van der Waals surface area contributed by atoms with E-state index in [1.54, 1.807) is 17.0 Å². The zero-order valence-electron chi connectivity index (χ0n) is 11.4. The van der Waals surface area contributed by atoms with Gasteiger partial charge in [0.05, 0.1) is 6.04 Å². The minimum atomic E-state index is -0.0720. The maximum absolute atomic E-state index is 11.9. The van der Waals surface area contributed by atoms with E-state index in [0.717, 1.165) is 18.8 Å². The van der Waals surface area contributed by atoms with Crippen molar-refractivity contribution < 1.29 is 9.59 Å². The maximum Gasteiger partial charge on any atom is 0.240 e. The lowest BCUT2D eigenvalue weighted by Gasteiger charge is -2.16. The van der Waals surface area contributed by atoms with E-state index >= 15 is 0 Å². The lowest BCUT2D eigenvalue weighted by molar-refractivity contribution is -0.127. The van der Waals surface area contributed by atoms with Crippen molar-refractivity contribution in [3.05, 3.63) is 18.2 Å². The molecule has 19 heavy (non-hydrogen) atoms. The highest BCUT2D eigenvalue weighted by atomic mass is 16.2. The fourth-order valence-electron chi connectivity index (χ4n) is 2.35. The van der Waals surface area contributed by atoms with Gasteiger partial charge in [0.2, 0.25) is 11.8 Å². The van der Waals surface area contributed by atoms with Gasteiger partial charge >= 0.3 is 0 Å². The van der Waals surface area contributed by atoms with Gasteiger partial charge < -0.3 is 14.8 Å². The number of hydrogen-bond donors (Lipinski definition) is 1. The second-order valence-electron chi connectivity index (χ2n) is 4.91. The Bertz CT molecular complexity index is 469. The van der Waals surface area contributed by atoms with Crippen LogP contribution in [0.5, 0.6) is 0 Å². The highest BCUT2D eigenvalue weighted by Crippen LogP contribution is 2.11. The number of amides is 2. The third-order valence-corrected chi connectivity index (χ3v) is 3.31. The van der Waals surface area contributed by atoms with Gasteiger partial charge in [0.15, 0.2) is 0 Å². The molecule has 1 saturated heterocycles. The number of carbonyl (C=O) groups is 2. The van der Waals surface area contributed by atoms with E-state index in [-0.39, 0.29) is 24.4 Å². The molecule has 1 fully saturated rings. The number of hydrogen-bond acceptors (Lipinski definition) is 3. The lowest BCUT2D eigenvalue weighted by atomic mass is 10.2. The summed E-state index contributed by atoms with van der Waals surface area (Å²) in [5.74, 6) is 0.869. The molecule has 6 heteroatoms. The predicted octanol–water partition coefficient (Wildman–Crippen LogP) is 0.319. The summed E-state index contributed by atoms with van der Waals surface area (Å²) < 4.78 is 1.79. The third-order valence-electron chi connectivity index (χ3n) is 3.31. The zero-order chi connectivity index (χ0) is 13.8. The monoisotopic (exact) mass is 264 g/mol. The first-order valence-electron chi connectivity index (χ1n) is 6.65. The average molecular weight is 264 g/mol. The summed E-state index contributed by atoms with van der Waals surface area (Å²) in [6.07, 6.45) is 4.80. The summed E-state index contributed by atoms with van der Waals surface area (Å²) in [5, 5.41) is 2.91. The van der Waals surface area contributed by atoms with Crippen molar-refractivity contribution in [2.75, 3.05) is 13.1 Å². The summed E-state index contributed by atoms with van der Waals surface area (Å²) in [6, 6.07) is -0.0598. The van der Waals surface area contributed by atoms with Gasteiger partial charge in [0.1, 0.15) is 12.4 Å². The van der Waals surface area contributed by atoms with Crippen LogP contribution >= 0.6 is 0 Å². The molecule has 0 spiro atoms. The fourth-order valence-corrected chi connectivity index (χ4v) is 2.35. The number of imidazole rings is 1. The number of likely N-dealkylation sites (tertiary alicyclic amines) is 1. The smallest absolute Gasteiger partial charge is 0.240 e. The molecule has 1 aromatic rings. The zero-order valence-corrected chi connectivity index (χ0v) is 11.4. The normalized spacial score (nSPS) is 18.9. The van der Waals surface area contributed by atoms with Crippen molar-refractivity contribution in [2.45, 2.75) is 39.3 Å². The van der Waals surface area contributed by atoms with Gasteiger partial charge in [-0.3, -0.25) is 9.59 Å². The van der Waals surface area contributed by atoms with E-state index < -0.39 is 0 Å². The Hall–Kier alpha value is -1.85. The molecular formula is C13H20N4O2. The average Bonchev–Trinajstić information content (AvgIpc) is 2.88. The van der Waals surface area contributed by atoms with E-state index in [1.807, 2.05) is 18.7 Å². The molecule has 1 aromatic heterocycles. The van der Waals surface area contributed by atoms with Crippen molar-refractivity contribution in [3.8, 4) is 0 Å². The van der Waals surface area contributed by atoms with E-state index in [4.69, 9.17) is 0 Å². The Morgan fingerprint density at radius 3 is 3.00 bits per heavy atom. The minimum absolute atomic E-state index is 0.0598. The minimum Gasteiger partial charge on any atom is -0.350 e. The maximum atomic E-state index is 11.9. The lowest BCUT2D eigenvalue weighted by Crippen LogP contribution is -2.39. The summed E-state index contributed by atoms with van der Waals surface area (Å²) in [6.45, 7) is 5.55. The van der Waals surface area contributed by atoms with Gasteiger partial charge in [-0.1, -0.05) is 6.92 Å². The molecule has 2 heterocycles. The van der Waals surface area contributed by atoms with Crippen LogP contribution in [0.15, 0.2) is 12.4 Å². The molecule has 0 aromatic carbocycles. The topological polar surface area (TPSA) is 67.2 Å². The molecule has 1 N–H and O–H groups in total. The van der Waals surface area contributed by atoms with E-state index in [0.29, 0.717) is 13.0 Å². The molecule has 1 atom stereocenters. The van der Waals surface area contributed by atoms with Crippen LogP contribution in [0, 0.1) is 6.92 Å². The van der Waals surface area contributed by atoms with Crippen molar-refractivity contribution in [1.82, 2.24) is 19.8 Å². The number of aromatic nitrogens is 2. The molecule has 6 nitrogen and oxygen atoms in total. The molecule has 0 saturated carbocycles. The Morgan fingerprint density at radius 2 is 2.37 bits per heavy atom. The van der Waals surface area contributed by atoms with Crippen LogP contribution in [0.4, 0.5) is 0 Å². The predicted molar refractivity (Wildman–Crippen MR) is 70.4 cm³/mol. The molecule has 0 aliphatic carbocycles. The van der Waals surface area contributed by atoms with Crippen LogP contribution in [-0.2, 0) is 16.1 Å². The van der Waals surface area contributed by atoms with Gasteiger partial charge in [0.25, 0.3) is 0 Å². The summed E-state index contributed by atoms with van der Waals surface area (Å²) in [7, 11) is 0. The Morgan fingerprint density at radius 1 is 1.58 bits per heavy atom. The van der Waals surface area contributed by atoms with Crippen LogP contribution in [0.25, 0.3) is 0 Å². The first-order chi connectivity index (χ1) is 9.10. The Balaban J connectivity index is 1.84. The summed E-state index contributed by atoms with van der Waals surface area (Å²) in [5.41, 5.74) is 0. The van der Waals surface area contributed by atoms with E-state index in [1.165, 1.54) is 0 Å². The van der Waals surface area contributed by atoms with Gasteiger partial charge in [-0.25, -0.2) is 4.98 Å². The number of nitrogens with zero attached hydrogens (tertiary/aromatic N) is 3. The second-order valence-corrected chi connectivity index (χ2v) is 4.91. The van der Waals surface area contributed by atoms with Gasteiger partial charge in [-0.15, -0.1) is 0 Å². The molecule has 1 aliphatic heterocycles. The fraction of sp³-hybridized carbons (Fsp3) is 0.615. The molecule has 2 amide bonds. The van der Waals surface area contributed by atoms with Crippen molar-refractivity contribution >= 4 is 11.8 Å². The first kappa shape index (κ1) is 13.6. The molecule has 0 bridgehead atoms. The SMILES string of the molecule is CCCN1C[C@H](NC(=O)Cn2ccnc2C)CC1=O. The molecule has 1 aliphatic rings. The Kier molecular flexibility index (Phi) is 4.19. The van der Waals surface area contributed by atoms with Crippen LogP contribution in [0.2, 0.25) is 0 Å². The number of carbonyl (C=O) groups excluding carboxylic acids is 2. The first-order valence-corrected chi connectivity index (χ1v) is 6.65.